The third-order valence-corrected chi connectivity index (χ3v) is 6.38. The number of pyridine rings is 1. The Morgan fingerprint density at radius 2 is 1.62 bits per heavy atom. The van der Waals surface area contributed by atoms with Crippen molar-refractivity contribution in [2.45, 2.75) is 6.18 Å². The average Bonchev–Trinajstić information content (AvgIpc) is 3.44. The molecule has 0 atom stereocenters. The molecule has 0 spiro atoms. The summed E-state index contributed by atoms with van der Waals surface area (Å²) in [4.78, 5) is 29.2. The Hall–Kier alpha value is -4.71. The summed E-state index contributed by atoms with van der Waals surface area (Å²) in [6.45, 7) is 0. The van der Waals surface area contributed by atoms with Crippen LogP contribution in [-0.2, 0) is 6.18 Å². The molecule has 3 heterocycles. The zero-order chi connectivity index (χ0) is 26.2. The van der Waals surface area contributed by atoms with E-state index >= 15 is 0 Å². The minimum Gasteiger partial charge on any atom is -0.364 e. The van der Waals surface area contributed by atoms with Crippen molar-refractivity contribution < 1.29 is 22.8 Å². The molecule has 0 aliphatic carbocycles. The zero-order valence-electron chi connectivity index (χ0n) is 18.8. The minimum atomic E-state index is -4.46. The number of nitrogens with one attached hydrogen (secondary N) is 2. The molecule has 3 amide bonds. The number of primary amides is 1. The van der Waals surface area contributed by atoms with Crippen molar-refractivity contribution in [2.24, 2.45) is 5.73 Å². The van der Waals surface area contributed by atoms with E-state index in [0.717, 1.165) is 23.3 Å². The summed E-state index contributed by atoms with van der Waals surface area (Å²) in [5.74, 6) is -0.614. The van der Waals surface area contributed by atoms with E-state index in [0.29, 0.717) is 21.8 Å². The second-order valence-corrected chi connectivity index (χ2v) is 8.75. The molecule has 12 heteroatoms. The number of benzene rings is 2. The number of halogens is 3. The molecule has 3 aromatic heterocycles. The van der Waals surface area contributed by atoms with Gasteiger partial charge in [-0.05, 0) is 54.1 Å². The monoisotopic (exact) mass is 522 g/mol. The Labute approximate surface area is 211 Å². The largest absolute Gasteiger partial charge is 0.416 e. The lowest BCUT2D eigenvalue weighted by Gasteiger charge is -2.11. The van der Waals surface area contributed by atoms with Gasteiger partial charge in [0.15, 0.2) is 0 Å². The predicted octanol–water partition coefficient (Wildman–Crippen LogP) is 5.89. The molecule has 2 aromatic carbocycles. The van der Waals surface area contributed by atoms with E-state index in [4.69, 9.17) is 5.73 Å². The first-order valence-electron chi connectivity index (χ1n) is 10.8. The summed E-state index contributed by atoms with van der Waals surface area (Å²) in [6, 6.07) is 14.0. The number of carbonyl (C=O) groups excluding carboxylic acids is 2. The van der Waals surface area contributed by atoms with E-state index in [1.165, 1.54) is 28.0 Å². The number of anilines is 2. The van der Waals surface area contributed by atoms with Gasteiger partial charge in [0.2, 0.25) is 0 Å². The maximum absolute atomic E-state index is 12.8. The first-order chi connectivity index (χ1) is 17.7. The van der Waals surface area contributed by atoms with Crippen molar-refractivity contribution in [3.63, 3.8) is 0 Å². The number of thiazole rings is 1. The fourth-order valence-corrected chi connectivity index (χ4v) is 4.77. The van der Waals surface area contributed by atoms with Crippen molar-refractivity contribution in [2.75, 3.05) is 10.6 Å². The summed E-state index contributed by atoms with van der Waals surface area (Å²) < 4.78 is 39.8. The van der Waals surface area contributed by atoms with E-state index in [2.05, 4.69) is 20.7 Å². The van der Waals surface area contributed by atoms with Crippen molar-refractivity contribution in [3.05, 3.63) is 89.7 Å². The topological polar surface area (TPSA) is 114 Å². The molecule has 0 bridgehead atoms. The molecule has 0 aliphatic rings. The number of alkyl halides is 3. The molecule has 186 valence electrons. The minimum absolute atomic E-state index is 0.204. The van der Waals surface area contributed by atoms with Crippen molar-refractivity contribution in [1.29, 1.82) is 0 Å². The van der Waals surface area contributed by atoms with Crippen LogP contribution in [-0.4, -0.2) is 26.5 Å². The molecule has 0 fully saturated rings. The zero-order valence-corrected chi connectivity index (χ0v) is 19.6. The van der Waals surface area contributed by atoms with Gasteiger partial charge in [0, 0.05) is 40.3 Å². The highest BCUT2D eigenvalue weighted by atomic mass is 32.1. The van der Waals surface area contributed by atoms with Crippen LogP contribution in [0.3, 0.4) is 0 Å². The van der Waals surface area contributed by atoms with Gasteiger partial charge >= 0.3 is 12.2 Å². The van der Waals surface area contributed by atoms with Crippen LogP contribution >= 0.6 is 11.3 Å². The van der Waals surface area contributed by atoms with Crippen LogP contribution in [0.4, 0.5) is 29.3 Å². The van der Waals surface area contributed by atoms with Crippen LogP contribution in [0.25, 0.3) is 27.2 Å². The van der Waals surface area contributed by atoms with Crippen LogP contribution < -0.4 is 16.4 Å². The molecule has 37 heavy (non-hydrogen) atoms. The Morgan fingerprint density at radius 1 is 0.919 bits per heavy atom. The number of rotatable bonds is 5. The van der Waals surface area contributed by atoms with Crippen LogP contribution in [0.1, 0.15) is 16.1 Å². The quantitative estimate of drug-likeness (QED) is 0.267. The van der Waals surface area contributed by atoms with Gasteiger partial charge in [0.05, 0.1) is 5.56 Å². The number of nitrogens with zero attached hydrogens (tertiary/aromatic N) is 3. The van der Waals surface area contributed by atoms with Gasteiger partial charge in [-0.15, -0.1) is 11.3 Å². The second-order valence-electron chi connectivity index (χ2n) is 7.90. The number of urea groups is 1. The molecule has 0 radical (unpaired) electrons. The first-order valence-corrected chi connectivity index (χ1v) is 11.6. The van der Waals surface area contributed by atoms with Crippen molar-refractivity contribution in [1.82, 2.24) is 14.6 Å². The predicted molar refractivity (Wildman–Crippen MR) is 134 cm³/mol. The Kier molecular flexibility index (Phi) is 6.09. The van der Waals surface area contributed by atoms with Crippen molar-refractivity contribution in [3.8, 4) is 22.4 Å². The lowest BCUT2D eigenvalue weighted by Crippen LogP contribution is -2.19. The Morgan fingerprint density at radius 3 is 2.30 bits per heavy atom. The SMILES string of the molecule is NC(=O)c1csc2c(-c3ccncc3)c(-c3cccc(NC(=O)Nc4ccc(C(F)(F)F)cc4)c3)nn12. The van der Waals surface area contributed by atoms with Gasteiger partial charge < -0.3 is 16.4 Å². The van der Waals surface area contributed by atoms with E-state index in [-0.39, 0.29) is 11.4 Å². The van der Waals surface area contributed by atoms with Crippen LogP contribution in [0.2, 0.25) is 0 Å². The fraction of sp³-hybridized carbons (Fsp3) is 0.0400. The van der Waals surface area contributed by atoms with Gasteiger partial charge in [-0.3, -0.25) is 9.78 Å². The number of carbonyl (C=O) groups is 2. The van der Waals surface area contributed by atoms with Gasteiger partial charge in [-0.2, -0.15) is 18.3 Å². The maximum atomic E-state index is 12.8. The molecule has 8 nitrogen and oxygen atoms in total. The molecule has 4 N–H and O–H groups in total. The second kappa shape index (κ2) is 9.39. The highest BCUT2D eigenvalue weighted by Crippen LogP contribution is 2.38. The maximum Gasteiger partial charge on any atom is 0.416 e. The van der Waals surface area contributed by atoms with Crippen molar-refractivity contribution >= 4 is 39.5 Å². The molecular formula is C25H17F3N6O2S. The number of hydrogen-bond acceptors (Lipinski definition) is 5. The van der Waals surface area contributed by atoms with E-state index < -0.39 is 23.7 Å². The fourth-order valence-electron chi connectivity index (χ4n) is 3.76. The summed E-state index contributed by atoms with van der Waals surface area (Å²) in [5, 5.41) is 11.5. The molecule has 5 rings (SSSR count). The number of amides is 3. The highest BCUT2D eigenvalue weighted by Gasteiger charge is 2.30. The highest BCUT2D eigenvalue weighted by molar-refractivity contribution is 7.16. The van der Waals surface area contributed by atoms with E-state index in [1.54, 1.807) is 42.0 Å². The van der Waals surface area contributed by atoms with Crippen LogP contribution in [0.15, 0.2) is 78.4 Å². The molecule has 0 saturated heterocycles. The third-order valence-electron chi connectivity index (χ3n) is 5.44. The number of hydrogen-bond donors (Lipinski definition) is 3. The third kappa shape index (κ3) is 4.86. The Balaban J connectivity index is 1.45. The standard InChI is InChI=1S/C25H17F3N6O2S/c26-25(27,28)16-4-6-17(7-5-16)31-24(36)32-18-3-1-2-15(12-18)21-20(14-8-10-30-11-9-14)23-34(33-21)19(13-37-23)22(29)35/h1-13H,(H2,29,35)(H2,31,32,36). The average molecular weight is 523 g/mol. The van der Waals surface area contributed by atoms with Crippen LogP contribution in [0.5, 0.6) is 0 Å². The molecule has 0 unspecified atom stereocenters. The van der Waals surface area contributed by atoms with Crippen LogP contribution in [0, 0.1) is 0 Å². The van der Waals surface area contributed by atoms with Gasteiger partial charge in [-0.25, -0.2) is 9.31 Å². The van der Waals surface area contributed by atoms with Gasteiger partial charge in [0.1, 0.15) is 16.2 Å². The van der Waals surface area contributed by atoms with Gasteiger partial charge in [-0.1, -0.05) is 12.1 Å². The summed E-state index contributed by atoms with van der Waals surface area (Å²) in [5.41, 5.74) is 8.40. The molecule has 5 aromatic rings. The number of fused-ring (bicyclic) bond motifs is 1. The summed E-state index contributed by atoms with van der Waals surface area (Å²) in [6.07, 6.45) is -1.17. The molecule has 0 aliphatic heterocycles. The number of nitrogens with two attached hydrogens (primary N) is 1. The summed E-state index contributed by atoms with van der Waals surface area (Å²) in [7, 11) is 0. The summed E-state index contributed by atoms with van der Waals surface area (Å²) >= 11 is 1.33. The lowest BCUT2D eigenvalue weighted by atomic mass is 10.0. The molecular weight excluding hydrogens is 505 g/mol. The first kappa shape index (κ1) is 24.0. The van der Waals surface area contributed by atoms with E-state index in [9.17, 15) is 22.8 Å². The van der Waals surface area contributed by atoms with Gasteiger partial charge in [0.25, 0.3) is 5.91 Å². The molecule has 0 saturated carbocycles. The number of aromatic nitrogens is 3. The normalized spacial score (nSPS) is 11.4. The Bertz CT molecular complexity index is 1610. The van der Waals surface area contributed by atoms with E-state index in [1.807, 2.05) is 12.1 Å². The smallest absolute Gasteiger partial charge is 0.364 e. The lowest BCUT2D eigenvalue weighted by molar-refractivity contribution is -0.137.